The lowest BCUT2D eigenvalue weighted by Crippen LogP contribution is -2.10. The van der Waals surface area contributed by atoms with Gasteiger partial charge >= 0.3 is 0 Å². The molecule has 0 fully saturated rings. The summed E-state index contributed by atoms with van der Waals surface area (Å²) < 4.78 is 11.5. The van der Waals surface area contributed by atoms with Crippen LogP contribution in [0.4, 0.5) is 5.69 Å². The number of anilines is 1. The van der Waals surface area contributed by atoms with Crippen molar-refractivity contribution in [2.45, 2.75) is 33.1 Å². The lowest BCUT2D eigenvalue weighted by Gasteiger charge is -2.12. The Labute approximate surface area is 157 Å². The van der Waals surface area contributed by atoms with Crippen LogP contribution in [-0.2, 0) is 0 Å². The van der Waals surface area contributed by atoms with Crippen molar-refractivity contribution in [3.8, 4) is 11.5 Å². The molecule has 0 aliphatic heterocycles. The Hall–Kier alpha value is -2.54. The van der Waals surface area contributed by atoms with E-state index in [0.717, 1.165) is 30.6 Å². The average molecular weight is 379 g/mol. The van der Waals surface area contributed by atoms with Gasteiger partial charge in [-0.2, -0.15) is 10.2 Å². The van der Waals surface area contributed by atoms with Crippen LogP contribution in [0.1, 0.15) is 38.7 Å². The van der Waals surface area contributed by atoms with Gasteiger partial charge in [0.25, 0.3) is 5.56 Å². The standard InChI is InChI=1S/C18H23ClN4O3/c1-3-5-6-9-26-15-8-7-13(10-16(15)25-4-2)11-20-22-14-12-21-23-18(24)17(14)19/h7-8,10-12H,3-6,9H2,1-2H3,(H2,22,23,24)/b20-11-. The van der Waals surface area contributed by atoms with Crippen LogP contribution >= 0.6 is 11.6 Å². The topological polar surface area (TPSA) is 88.6 Å². The number of hydrazone groups is 1. The van der Waals surface area contributed by atoms with E-state index in [1.54, 1.807) is 6.21 Å². The van der Waals surface area contributed by atoms with E-state index in [2.05, 4.69) is 27.6 Å². The number of unbranched alkanes of at least 4 members (excludes halogenated alkanes) is 2. The van der Waals surface area contributed by atoms with E-state index in [1.165, 1.54) is 6.20 Å². The van der Waals surface area contributed by atoms with Crippen molar-refractivity contribution in [1.29, 1.82) is 0 Å². The predicted molar refractivity (Wildman–Crippen MR) is 104 cm³/mol. The van der Waals surface area contributed by atoms with Crippen LogP contribution in [0.25, 0.3) is 0 Å². The third-order valence-electron chi connectivity index (χ3n) is 3.47. The lowest BCUT2D eigenvalue weighted by atomic mass is 10.2. The molecule has 0 unspecified atom stereocenters. The van der Waals surface area contributed by atoms with E-state index < -0.39 is 5.56 Å². The molecule has 0 bridgehead atoms. The first-order chi connectivity index (χ1) is 12.7. The minimum absolute atomic E-state index is 0.00276. The zero-order valence-electron chi connectivity index (χ0n) is 14.9. The minimum Gasteiger partial charge on any atom is -0.490 e. The van der Waals surface area contributed by atoms with Crippen molar-refractivity contribution >= 4 is 23.5 Å². The molecule has 1 heterocycles. The van der Waals surface area contributed by atoms with Gasteiger partial charge in [-0.1, -0.05) is 31.4 Å². The van der Waals surface area contributed by atoms with Crippen LogP contribution in [0.5, 0.6) is 11.5 Å². The van der Waals surface area contributed by atoms with E-state index in [4.69, 9.17) is 21.1 Å². The summed E-state index contributed by atoms with van der Waals surface area (Å²) in [4.78, 5) is 11.4. The summed E-state index contributed by atoms with van der Waals surface area (Å²) in [5.74, 6) is 1.39. The molecular weight excluding hydrogens is 356 g/mol. The SMILES string of the molecule is CCCCCOc1ccc(/C=N\Nc2cn[nH]c(=O)c2Cl)cc1OCC. The number of aromatic amines is 1. The van der Waals surface area contributed by atoms with Crippen molar-refractivity contribution in [2.24, 2.45) is 5.10 Å². The number of aromatic nitrogens is 2. The summed E-state index contributed by atoms with van der Waals surface area (Å²) in [6.45, 7) is 5.28. The first-order valence-corrected chi connectivity index (χ1v) is 8.95. The van der Waals surface area contributed by atoms with Crippen molar-refractivity contribution in [2.75, 3.05) is 18.6 Å². The maximum atomic E-state index is 11.4. The fraction of sp³-hybridized carbons (Fsp3) is 0.389. The highest BCUT2D eigenvalue weighted by molar-refractivity contribution is 6.32. The van der Waals surface area contributed by atoms with Gasteiger partial charge in [-0.05, 0) is 37.1 Å². The van der Waals surface area contributed by atoms with Crippen molar-refractivity contribution in [1.82, 2.24) is 10.2 Å². The smallest absolute Gasteiger partial charge is 0.285 e. The van der Waals surface area contributed by atoms with Crippen LogP contribution in [0.15, 0.2) is 34.3 Å². The Bertz CT molecular complexity index is 792. The molecule has 0 atom stereocenters. The highest BCUT2D eigenvalue weighted by Crippen LogP contribution is 2.28. The van der Waals surface area contributed by atoms with Crippen LogP contribution in [0, 0.1) is 0 Å². The molecule has 7 nitrogen and oxygen atoms in total. The van der Waals surface area contributed by atoms with Crippen LogP contribution in [0.2, 0.25) is 5.02 Å². The van der Waals surface area contributed by atoms with E-state index in [0.29, 0.717) is 24.7 Å². The van der Waals surface area contributed by atoms with E-state index in [-0.39, 0.29) is 5.02 Å². The quantitative estimate of drug-likeness (QED) is 0.372. The molecule has 0 aliphatic carbocycles. The highest BCUT2D eigenvalue weighted by atomic mass is 35.5. The van der Waals surface area contributed by atoms with Crippen LogP contribution in [-0.4, -0.2) is 29.6 Å². The lowest BCUT2D eigenvalue weighted by molar-refractivity contribution is 0.271. The summed E-state index contributed by atoms with van der Waals surface area (Å²) in [5.41, 5.74) is 3.36. The molecule has 2 N–H and O–H groups in total. The van der Waals surface area contributed by atoms with E-state index in [9.17, 15) is 4.79 Å². The van der Waals surface area contributed by atoms with E-state index in [1.807, 2.05) is 25.1 Å². The first-order valence-electron chi connectivity index (χ1n) is 8.57. The summed E-state index contributed by atoms with van der Waals surface area (Å²) in [6, 6.07) is 5.59. The fourth-order valence-electron chi connectivity index (χ4n) is 2.16. The number of hydrogen-bond acceptors (Lipinski definition) is 6. The Morgan fingerprint density at radius 1 is 1.27 bits per heavy atom. The molecule has 0 saturated carbocycles. The van der Waals surface area contributed by atoms with Gasteiger partial charge in [0.2, 0.25) is 0 Å². The largest absolute Gasteiger partial charge is 0.490 e. The predicted octanol–water partition coefficient (Wildman–Crippen LogP) is 3.84. The Kier molecular flexibility index (Phi) is 7.95. The number of benzene rings is 1. The Morgan fingerprint density at radius 2 is 2.12 bits per heavy atom. The normalized spacial score (nSPS) is 10.9. The number of nitrogens with zero attached hydrogens (tertiary/aromatic N) is 2. The van der Waals surface area contributed by atoms with Gasteiger partial charge in [-0.3, -0.25) is 10.2 Å². The fourth-order valence-corrected chi connectivity index (χ4v) is 2.30. The molecule has 0 amide bonds. The van der Waals surface area contributed by atoms with Crippen LogP contribution < -0.4 is 20.5 Å². The first kappa shape index (κ1) is 19.8. The molecule has 1 aromatic heterocycles. The number of rotatable bonds is 10. The third kappa shape index (κ3) is 5.77. The van der Waals surface area contributed by atoms with Gasteiger partial charge < -0.3 is 9.47 Å². The second kappa shape index (κ2) is 10.5. The van der Waals surface area contributed by atoms with Crippen molar-refractivity contribution < 1.29 is 9.47 Å². The average Bonchev–Trinajstić information content (AvgIpc) is 2.64. The Balaban J connectivity index is 2.05. The monoisotopic (exact) mass is 378 g/mol. The summed E-state index contributed by atoms with van der Waals surface area (Å²) in [6.07, 6.45) is 6.29. The maximum Gasteiger partial charge on any atom is 0.285 e. The molecule has 1 aromatic carbocycles. The number of H-pyrrole nitrogens is 1. The van der Waals surface area contributed by atoms with Gasteiger partial charge in [0, 0.05) is 0 Å². The second-order valence-corrected chi connectivity index (χ2v) is 5.87. The van der Waals surface area contributed by atoms with E-state index >= 15 is 0 Å². The zero-order valence-corrected chi connectivity index (χ0v) is 15.7. The molecular formula is C18H23ClN4O3. The second-order valence-electron chi connectivity index (χ2n) is 5.49. The Morgan fingerprint density at radius 3 is 2.88 bits per heavy atom. The molecule has 0 radical (unpaired) electrons. The molecule has 140 valence electrons. The molecule has 0 spiro atoms. The summed E-state index contributed by atoms with van der Waals surface area (Å²) in [7, 11) is 0. The van der Waals surface area contributed by atoms with Crippen LogP contribution in [0.3, 0.4) is 0 Å². The zero-order chi connectivity index (χ0) is 18.8. The molecule has 26 heavy (non-hydrogen) atoms. The number of hydrogen-bond donors (Lipinski definition) is 2. The van der Waals surface area contributed by atoms with Gasteiger partial charge in [0.05, 0.1) is 25.6 Å². The van der Waals surface area contributed by atoms with Crippen molar-refractivity contribution in [3.63, 3.8) is 0 Å². The third-order valence-corrected chi connectivity index (χ3v) is 3.84. The maximum absolute atomic E-state index is 11.4. The summed E-state index contributed by atoms with van der Waals surface area (Å²) in [5, 5.41) is 9.99. The molecule has 0 saturated heterocycles. The van der Waals surface area contributed by atoms with Gasteiger partial charge in [0.15, 0.2) is 11.5 Å². The molecule has 0 aliphatic rings. The summed E-state index contributed by atoms with van der Waals surface area (Å²) >= 11 is 5.88. The molecule has 2 rings (SSSR count). The van der Waals surface area contributed by atoms with Gasteiger partial charge in [-0.15, -0.1) is 0 Å². The van der Waals surface area contributed by atoms with Gasteiger partial charge in [-0.25, -0.2) is 5.10 Å². The number of nitrogens with one attached hydrogen (secondary N) is 2. The molecule has 2 aromatic rings. The minimum atomic E-state index is -0.477. The number of ether oxygens (including phenoxy) is 2. The van der Waals surface area contributed by atoms with Gasteiger partial charge in [0.1, 0.15) is 10.7 Å². The molecule has 8 heteroatoms. The van der Waals surface area contributed by atoms with Crippen molar-refractivity contribution in [3.05, 3.63) is 45.3 Å². The number of halogens is 1. The highest BCUT2D eigenvalue weighted by Gasteiger charge is 2.06.